The third-order valence-corrected chi connectivity index (χ3v) is 3.42. The number of aromatic amines is 1. The molecule has 0 radical (unpaired) electrons. The smallest absolute Gasteiger partial charge is 0.0647 e. The van der Waals surface area contributed by atoms with Crippen LogP contribution >= 0.6 is 11.6 Å². The SMILES string of the molecule is CCCC(C)Cc1c[nH]c2c(Cl)cccc12. The molecule has 1 atom stereocenters. The average molecular weight is 236 g/mol. The number of aromatic nitrogens is 1. The third-order valence-electron chi connectivity index (χ3n) is 3.10. The number of nitrogens with one attached hydrogen (secondary N) is 1. The van der Waals surface area contributed by atoms with Crippen LogP contribution in [0.5, 0.6) is 0 Å². The van der Waals surface area contributed by atoms with E-state index in [-0.39, 0.29) is 0 Å². The highest BCUT2D eigenvalue weighted by atomic mass is 35.5. The summed E-state index contributed by atoms with van der Waals surface area (Å²) in [7, 11) is 0. The van der Waals surface area contributed by atoms with Crippen molar-refractivity contribution in [3.63, 3.8) is 0 Å². The van der Waals surface area contributed by atoms with Gasteiger partial charge in [-0.3, -0.25) is 0 Å². The van der Waals surface area contributed by atoms with Gasteiger partial charge in [-0.1, -0.05) is 50.4 Å². The molecule has 0 spiro atoms. The fourth-order valence-electron chi connectivity index (χ4n) is 2.31. The lowest BCUT2D eigenvalue weighted by Crippen LogP contribution is -1.98. The lowest BCUT2D eigenvalue weighted by atomic mass is 9.97. The monoisotopic (exact) mass is 235 g/mol. The number of hydrogen-bond acceptors (Lipinski definition) is 0. The zero-order chi connectivity index (χ0) is 11.5. The molecule has 0 bridgehead atoms. The van der Waals surface area contributed by atoms with Crippen molar-refractivity contribution in [2.75, 3.05) is 0 Å². The maximum atomic E-state index is 6.14. The highest BCUT2D eigenvalue weighted by Crippen LogP contribution is 2.27. The molecule has 86 valence electrons. The Kier molecular flexibility index (Phi) is 3.55. The summed E-state index contributed by atoms with van der Waals surface area (Å²) in [6.07, 6.45) is 5.77. The molecule has 0 amide bonds. The van der Waals surface area contributed by atoms with Gasteiger partial charge in [-0.25, -0.2) is 0 Å². The van der Waals surface area contributed by atoms with Crippen LogP contribution in [0.15, 0.2) is 24.4 Å². The first-order valence-corrected chi connectivity index (χ1v) is 6.34. The van der Waals surface area contributed by atoms with Gasteiger partial charge in [0.05, 0.1) is 10.5 Å². The zero-order valence-electron chi connectivity index (χ0n) is 9.89. The Labute approximate surface area is 102 Å². The molecule has 0 aliphatic carbocycles. The number of rotatable bonds is 4. The van der Waals surface area contributed by atoms with E-state index < -0.39 is 0 Å². The molecular formula is C14H18ClN. The fourth-order valence-corrected chi connectivity index (χ4v) is 2.54. The second kappa shape index (κ2) is 4.92. The Morgan fingerprint density at radius 3 is 2.94 bits per heavy atom. The molecule has 1 heterocycles. The van der Waals surface area contributed by atoms with Gasteiger partial charge in [-0.2, -0.15) is 0 Å². The van der Waals surface area contributed by atoms with Crippen molar-refractivity contribution in [2.24, 2.45) is 5.92 Å². The predicted octanol–water partition coefficient (Wildman–Crippen LogP) is 4.80. The zero-order valence-corrected chi connectivity index (χ0v) is 10.6. The van der Waals surface area contributed by atoms with Crippen molar-refractivity contribution in [3.05, 3.63) is 35.0 Å². The summed E-state index contributed by atoms with van der Waals surface area (Å²) >= 11 is 6.14. The summed E-state index contributed by atoms with van der Waals surface area (Å²) in [4.78, 5) is 3.27. The van der Waals surface area contributed by atoms with Gasteiger partial charge in [0, 0.05) is 11.6 Å². The van der Waals surface area contributed by atoms with Gasteiger partial charge in [-0.05, 0) is 24.0 Å². The van der Waals surface area contributed by atoms with Crippen LogP contribution in [0.3, 0.4) is 0 Å². The van der Waals surface area contributed by atoms with Gasteiger partial charge in [0.1, 0.15) is 0 Å². The largest absolute Gasteiger partial charge is 0.360 e. The number of benzene rings is 1. The molecule has 1 unspecified atom stereocenters. The number of halogens is 1. The minimum Gasteiger partial charge on any atom is -0.360 e. The summed E-state index contributed by atoms with van der Waals surface area (Å²) in [6, 6.07) is 6.10. The standard InChI is InChI=1S/C14H18ClN/c1-3-5-10(2)8-11-9-16-14-12(11)6-4-7-13(14)15/h4,6-7,9-10,16H,3,5,8H2,1-2H3. The third kappa shape index (κ3) is 2.25. The van der Waals surface area contributed by atoms with E-state index in [4.69, 9.17) is 11.6 Å². The first-order valence-electron chi connectivity index (χ1n) is 5.96. The van der Waals surface area contributed by atoms with Crippen LogP contribution in [0.25, 0.3) is 10.9 Å². The number of H-pyrrole nitrogens is 1. The van der Waals surface area contributed by atoms with Crippen LogP contribution < -0.4 is 0 Å². The summed E-state index contributed by atoms with van der Waals surface area (Å²) in [6.45, 7) is 4.55. The molecule has 0 aliphatic rings. The molecule has 1 N–H and O–H groups in total. The number of para-hydroxylation sites is 1. The van der Waals surface area contributed by atoms with Crippen molar-refractivity contribution in [1.29, 1.82) is 0 Å². The van der Waals surface area contributed by atoms with Crippen molar-refractivity contribution >= 4 is 22.5 Å². The fraction of sp³-hybridized carbons (Fsp3) is 0.429. The van der Waals surface area contributed by atoms with Crippen molar-refractivity contribution in [3.8, 4) is 0 Å². The molecular weight excluding hydrogens is 218 g/mol. The molecule has 2 heteroatoms. The molecule has 0 saturated carbocycles. The van der Waals surface area contributed by atoms with Crippen molar-refractivity contribution in [1.82, 2.24) is 4.98 Å². The molecule has 16 heavy (non-hydrogen) atoms. The molecule has 0 saturated heterocycles. The van der Waals surface area contributed by atoms with E-state index >= 15 is 0 Å². The highest BCUT2D eigenvalue weighted by Gasteiger charge is 2.09. The van der Waals surface area contributed by atoms with Crippen LogP contribution in [0, 0.1) is 5.92 Å². The summed E-state index contributed by atoms with van der Waals surface area (Å²) in [5, 5.41) is 2.09. The van der Waals surface area contributed by atoms with E-state index in [0.717, 1.165) is 22.9 Å². The molecule has 2 rings (SSSR count). The average Bonchev–Trinajstić information content (AvgIpc) is 2.64. The van der Waals surface area contributed by atoms with Crippen molar-refractivity contribution in [2.45, 2.75) is 33.1 Å². The molecule has 0 aliphatic heterocycles. The molecule has 1 nitrogen and oxygen atoms in total. The van der Waals surface area contributed by atoms with Crippen LogP contribution in [-0.2, 0) is 6.42 Å². The normalized spacial score (nSPS) is 13.2. The summed E-state index contributed by atoms with van der Waals surface area (Å²) in [5.41, 5.74) is 2.46. The van der Waals surface area contributed by atoms with E-state index in [0.29, 0.717) is 0 Å². The Bertz CT molecular complexity index is 473. The minimum absolute atomic E-state index is 0.739. The first kappa shape index (κ1) is 11.5. The van der Waals surface area contributed by atoms with Gasteiger partial charge < -0.3 is 4.98 Å². The quantitative estimate of drug-likeness (QED) is 0.784. The Hall–Kier alpha value is -0.950. The number of fused-ring (bicyclic) bond motifs is 1. The van der Waals surface area contributed by atoms with Crippen LogP contribution in [0.2, 0.25) is 5.02 Å². The van der Waals surface area contributed by atoms with Gasteiger partial charge in [-0.15, -0.1) is 0 Å². The second-order valence-corrected chi connectivity index (χ2v) is 4.98. The Balaban J connectivity index is 2.28. The summed E-state index contributed by atoms with van der Waals surface area (Å²) in [5.74, 6) is 0.739. The highest BCUT2D eigenvalue weighted by molar-refractivity contribution is 6.35. The second-order valence-electron chi connectivity index (χ2n) is 4.57. The van der Waals surface area contributed by atoms with E-state index in [1.54, 1.807) is 0 Å². The van der Waals surface area contributed by atoms with Crippen molar-refractivity contribution < 1.29 is 0 Å². The van der Waals surface area contributed by atoms with Gasteiger partial charge in [0.25, 0.3) is 0 Å². The van der Waals surface area contributed by atoms with Gasteiger partial charge in [0.15, 0.2) is 0 Å². The molecule has 1 aromatic carbocycles. The topological polar surface area (TPSA) is 15.8 Å². The van der Waals surface area contributed by atoms with Gasteiger partial charge >= 0.3 is 0 Å². The molecule has 2 aromatic rings. The Morgan fingerprint density at radius 2 is 2.19 bits per heavy atom. The predicted molar refractivity (Wildman–Crippen MR) is 71.1 cm³/mol. The lowest BCUT2D eigenvalue weighted by molar-refractivity contribution is 0.524. The Morgan fingerprint density at radius 1 is 1.38 bits per heavy atom. The van der Waals surface area contributed by atoms with Crippen LogP contribution in [0.1, 0.15) is 32.3 Å². The summed E-state index contributed by atoms with van der Waals surface area (Å²) < 4.78 is 0. The van der Waals surface area contributed by atoms with E-state index in [9.17, 15) is 0 Å². The van der Waals surface area contributed by atoms with Gasteiger partial charge in [0.2, 0.25) is 0 Å². The minimum atomic E-state index is 0.739. The lowest BCUT2D eigenvalue weighted by Gasteiger charge is -2.08. The number of hydrogen-bond donors (Lipinski definition) is 1. The van der Waals surface area contributed by atoms with Crippen LogP contribution in [0.4, 0.5) is 0 Å². The first-order chi connectivity index (χ1) is 7.72. The van der Waals surface area contributed by atoms with E-state index in [1.807, 2.05) is 12.1 Å². The molecule has 1 aromatic heterocycles. The van der Waals surface area contributed by atoms with E-state index in [2.05, 4.69) is 31.1 Å². The maximum absolute atomic E-state index is 6.14. The maximum Gasteiger partial charge on any atom is 0.0647 e. The van der Waals surface area contributed by atoms with E-state index in [1.165, 1.54) is 23.8 Å². The molecule has 0 fully saturated rings. The van der Waals surface area contributed by atoms with Crippen LogP contribution in [-0.4, -0.2) is 4.98 Å².